The molecule has 0 spiro atoms. The number of rotatable bonds is 8. The number of aliphatic carboxylic acids is 5. The summed E-state index contributed by atoms with van der Waals surface area (Å²) in [5, 5.41) is 63.9. The molecule has 0 aromatic heterocycles. The lowest BCUT2D eigenvalue weighted by Gasteiger charge is -2.16. The molecular weight excluding hydrogens is 472 g/mol. The molecule has 0 saturated heterocycles. The standard InChI is InChI=1S/C5H10O3.C5H12O2.4C3H4O2/c1-5(2,3-6)4(7)8;1-5(2,3-6)4-7;4*1-2-3(4)5/h6H,3H2,1-2H3,(H,7,8);6-7H,3-4H2,1-2H3;4*2H,1H2,(H,4,5). The molecule has 0 aliphatic rings. The highest BCUT2D eigenvalue weighted by atomic mass is 16.4. The summed E-state index contributed by atoms with van der Waals surface area (Å²) in [4.78, 5) is 47.1. The van der Waals surface area contributed by atoms with Crippen molar-refractivity contribution in [2.75, 3.05) is 19.8 Å². The molecule has 0 rings (SSSR count). The van der Waals surface area contributed by atoms with Crippen molar-refractivity contribution in [3.8, 4) is 0 Å². The summed E-state index contributed by atoms with van der Waals surface area (Å²) in [5.74, 6) is -4.90. The maximum Gasteiger partial charge on any atom is 0.327 e. The van der Waals surface area contributed by atoms with Crippen LogP contribution in [-0.4, -0.2) is 90.5 Å². The molecule has 8 N–H and O–H groups in total. The van der Waals surface area contributed by atoms with E-state index in [1.807, 2.05) is 0 Å². The van der Waals surface area contributed by atoms with Gasteiger partial charge >= 0.3 is 29.8 Å². The lowest BCUT2D eigenvalue weighted by molar-refractivity contribution is -0.149. The van der Waals surface area contributed by atoms with Gasteiger partial charge in [-0.05, 0) is 13.8 Å². The van der Waals surface area contributed by atoms with Crippen LogP contribution >= 0.6 is 0 Å². The minimum absolute atomic E-state index is 0.0451. The lowest BCUT2D eigenvalue weighted by Crippen LogP contribution is -2.27. The van der Waals surface area contributed by atoms with E-state index >= 15 is 0 Å². The van der Waals surface area contributed by atoms with Gasteiger partial charge in [-0.3, -0.25) is 4.79 Å². The Bertz CT molecular complexity index is 584. The third-order valence-electron chi connectivity index (χ3n) is 2.53. The zero-order chi connectivity index (χ0) is 29.8. The van der Waals surface area contributed by atoms with Gasteiger partial charge in [0.1, 0.15) is 0 Å². The molecule has 0 aliphatic heterocycles. The SMILES string of the molecule is C=CC(=O)O.C=CC(=O)O.C=CC(=O)O.C=CC(=O)O.CC(C)(CO)C(=O)O.CC(C)(CO)CO. The van der Waals surface area contributed by atoms with Crippen LogP contribution in [0.2, 0.25) is 0 Å². The van der Waals surface area contributed by atoms with Crippen molar-refractivity contribution in [2.45, 2.75) is 27.7 Å². The van der Waals surface area contributed by atoms with Gasteiger partial charge in [0.05, 0.1) is 25.2 Å². The fourth-order valence-electron chi connectivity index (χ4n) is 0.118. The molecule has 0 atom stereocenters. The Morgan fingerprint density at radius 1 is 0.543 bits per heavy atom. The minimum atomic E-state index is -0.986. The summed E-state index contributed by atoms with van der Waals surface area (Å²) in [7, 11) is 0. The van der Waals surface area contributed by atoms with E-state index in [9.17, 15) is 24.0 Å². The van der Waals surface area contributed by atoms with E-state index in [-0.39, 0.29) is 25.2 Å². The number of hydrogen-bond acceptors (Lipinski definition) is 8. The quantitative estimate of drug-likeness (QED) is 0.213. The molecule has 0 radical (unpaired) electrons. The molecule has 204 valence electrons. The average Bonchev–Trinajstić information content (AvgIpc) is 2.80. The third-order valence-corrected chi connectivity index (χ3v) is 2.53. The molecule has 13 heteroatoms. The van der Waals surface area contributed by atoms with Gasteiger partial charge in [0.15, 0.2) is 0 Å². The van der Waals surface area contributed by atoms with Gasteiger partial charge < -0.3 is 40.9 Å². The summed E-state index contributed by atoms with van der Waals surface area (Å²) in [6, 6.07) is 0. The van der Waals surface area contributed by atoms with E-state index in [4.69, 9.17) is 40.9 Å². The van der Waals surface area contributed by atoms with Gasteiger partial charge in [-0.25, -0.2) is 19.2 Å². The van der Waals surface area contributed by atoms with Gasteiger partial charge in [0.25, 0.3) is 0 Å². The zero-order valence-electron chi connectivity index (χ0n) is 20.4. The summed E-state index contributed by atoms with van der Waals surface area (Å²) < 4.78 is 0. The van der Waals surface area contributed by atoms with Gasteiger partial charge in [0, 0.05) is 29.7 Å². The van der Waals surface area contributed by atoms with Gasteiger partial charge in [-0.1, -0.05) is 40.2 Å². The van der Waals surface area contributed by atoms with Gasteiger partial charge in [-0.2, -0.15) is 0 Å². The Morgan fingerprint density at radius 2 is 0.714 bits per heavy atom. The molecule has 0 heterocycles. The van der Waals surface area contributed by atoms with E-state index in [2.05, 4.69) is 26.3 Å². The maximum atomic E-state index is 10.1. The number of aliphatic hydroxyl groups excluding tert-OH is 3. The van der Waals surface area contributed by atoms with E-state index in [0.717, 1.165) is 24.3 Å². The number of aliphatic hydroxyl groups is 3. The van der Waals surface area contributed by atoms with Crippen molar-refractivity contribution >= 4 is 29.8 Å². The van der Waals surface area contributed by atoms with Crippen LogP contribution in [0.3, 0.4) is 0 Å². The summed E-state index contributed by atoms with van der Waals surface area (Å²) >= 11 is 0. The number of carboxylic acid groups (broad SMARTS) is 5. The summed E-state index contributed by atoms with van der Waals surface area (Å²) in [6.45, 7) is 18.1. The summed E-state index contributed by atoms with van der Waals surface area (Å²) in [5.41, 5.74) is -1.29. The molecule has 0 aliphatic carbocycles. The molecule has 0 fully saturated rings. The fraction of sp³-hybridized carbons (Fsp3) is 0.409. The van der Waals surface area contributed by atoms with Gasteiger partial charge in [-0.15, -0.1) is 0 Å². The first-order valence-electron chi connectivity index (χ1n) is 9.19. The van der Waals surface area contributed by atoms with Crippen LogP contribution in [-0.2, 0) is 24.0 Å². The van der Waals surface area contributed by atoms with Crippen molar-refractivity contribution in [1.29, 1.82) is 0 Å². The Hall–Kier alpha value is -3.81. The van der Waals surface area contributed by atoms with Crippen LogP contribution in [0.25, 0.3) is 0 Å². The van der Waals surface area contributed by atoms with Crippen LogP contribution < -0.4 is 0 Å². The third kappa shape index (κ3) is 65.1. The average molecular weight is 511 g/mol. The van der Waals surface area contributed by atoms with Crippen molar-refractivity contribution in [2.24, 2.45) is 10.8 Å². The Kier molecular flexibility index (Phi) is 36.1. The Labute approximate surface area is 204 Å². The highest BCUT2D eigenvalue weighted by Crippen LogP contribution is 2.12. The predicted molar refractivity (Wildman–Crippen MR) is 128 cm³/mol. The van der Waals surface area contributed by atoms with Crippen molar-refractivity contribution in [3.63, 3.8) is 0 Å². The largest absolute Gasteiger partial charge is 0.481 e. The maximum absolute atomic E-state index is 10.1. The predicted octanol–water partition coefficient (Wildman–Crippen LogP) is 1.11. The second kappa shape index (κ2) is 28.2. The number of carbonyl (C=O) groups is 5. The van der Waals surface area contributed by atoms with Crippen molar-refractivity contribution < 1.29 is 64.8 Å². The van der Waals surface area contributed by atoms with E-state index in [1.165, 1.54) is 13.8 Å². The smallest absolute Gasteiger partial charge is 0.327 e. The molecule has 0 unspecified atom stereocenters. The Morgan fingerprint density at radius 3 is 0.714 bits per heavy atom. The molecule has 0 saturated carbocycles. The molecule has 35 heavy (non-hydrogen) atoms. The molecule has 13 nitrogen and oxygen atoms in total. The van der Waals surface area contributed by atoms with E-state index in [0.29, 0.717) is 0 Å². The molecule has 0 amide bonds. The second-order valence-corrected chi connectivity index (χ2v) is 7.00. The van der Waals surface area contributed by atoms with Crippen molar-refractivity contribution in [1.82, 2.24) is 0 Å². The highest BCUT2D eigenvalue weighted by Gasteiger charge is 2.25. The van der Waals surface area contributed by atoms with Crippen LogP contribution in [0.15, 0.2) is 50.6 Å². The zero-order valence-corrected chi connectivity index (χ0v) is 20.4. The van der Waals surface area contributed by atoms with E-state index in [1.54, 1.807) is 13.8 Å². The number of carboxylic acids is 5. The molecule has 0 aromatic rings. The van der Waals surface area contributed by atoms with Gasteiger partial charge in [0.2, 0.25) is 0 Å². The van der Waals surface area contributed by atoms with E-state index < -0.39 is 35.3 Å². The first-order valence-corrected chi connectivity index (χ1v) is 9.19. The topological polar surface area (TPSA) is 247 Å². The Balaban J connectivity index is -0.0000000730. The summed E-state index contributed by atoms with van der Waals surface area (Å²) in [6.07, 6.45) is 3.33. The first-order chi connectivity index (χ1) is 15.7. The molecule has 0 aromatic carbocycles. The number of hydrogen-bond donors (Lipinski definition) is 8. The first kappa shape index (κ1) is 44.8. The van der Waals surface area contributed by atoms with Crippen LogP contribution in [0, 0.1) is 10.8 Å². The van der Waals surface area contributed by atoms with Crippen molar-refractivity contribution in [3.05, 3.63) is 50.6 Å². The van der Waals surface area contributed by atoms with Crippen LogP contribution in [0.5, 0.6) is 0 Å². The second-order valence-electron chi connectivity index (χ2n) is 7.00. The van der Waals surface area contributed by atoms with Crippen LogP contribution in [0.1, 0.15) is 27.7 Å². The fourth-order valence-corrected chi connectivity index (χ4v) is 0.118. The minimum Gasteiger partial charge on any atom is -0.481 e. The normalized spacial score (nSPS) is 8.66. The lowest BCUT2D eigenvalue weighted by atomic mass is 9.96. The monoisotopic (exact) mass is 510 g/mol. The molecular formula is C22H38O13. The van der Waals surface area contributed by atoms with Crippen LogP contribution in [0.4, 0.5) is 0 Å². The molecule has 0 bridgehead atoms. The highest BCUT2D eigenvalue weighted by molar-refractivity contribution is 5.79.